The maximum atomic E-state index is 10.9. The second-order valence-electron chi connectivity index (χ2n) is 4.51. The number of hydrogen-bond acceptors (Lipinski definition) is 4. The zero-order valence-corrected chi connectivity index (χ0v) is 10.3. The monoisotopic (exact) mass is 238 g/mol. The van der Waals surface area contributed by atoms with Crippen molar-refractivity contribution in [2.75, 3.05) is 5.73 Å². The van der Waals surface area contributed by atoms with Gasteiger partial charge in [-0.2, -0.15) is 0 Å². The predicted molar refractivity (Wildman–Crippen MR) is 67.1 cm³/mol. The number of nitro benzene ring substituents is 1. The molecule has 0 fully saturated rings. The summed E-state index contributed by atoms with van der Waals surface area (Å²) in [6.45, 7) is 6.05. The fourth-order valence-electron chi connectivity index (χ4n) is 1.76. The van der Waals surface area contributed by atoms with Crippen LogP contribution in [0.15, 0.2) is 18.2 Å². The molecule has 2 N–H and O–H groups in total. The Morgan fingerprint density at radius 3 is 2.59 bits per heavy atom. The third-order valence-electron chi connectivity index (χ3n) is 2.34. The Morgan fingerprint density at radius 1 is 1.41 bits per heavy atom. The molecule has 0 amide bonds. The number of ether oxygens (including phenoxy) is 1. The average molecular weight is 238 g/mol. The first-order valence-corrected chi connectivity index (χ1v) is 5.61. The molecule has 0 bridgehead atoms. The molecule has 0 aliphatic rings. The molecular weight excluding hydrogens is 220 g/mol. The van der Waals surface area contributed by atoms with E-state index in [0.29, 0.717) is 5.92 Å². The van der Waals surface area contributed by atoms with Gasteiger partial charge in [-0.3, -0.25) is 10.1 Å². The first kappa shape index (κ1) is 13.3. The Hall–Kier alpha value is -1.78. The third-order valence-corrected chi connectivity index (χ3v) is 2.34. The standard InChI is InChI=1S/C12H18N2O3/c1-8(2)7-9(3)17-11-6-4-5-10(13)12(11)14(15)16/h4-6,8-9H,7,13H2,1-3H3. The van der Waals surface area contributed by atoms with E-state index in [9.17, 15) is 10.1 Å². The average Bonchev–Trinajstić information content (AvgIpc) is 2.15. The van der Waals surface area contributed by atoms with E-state index in [2.05, 4.69) is 13.8 Å². The van der Waals surface area contributed by atoms with Crippen LogP contribution >= 0.6 is 0 Å². The number of nitrogens with zero attached hydrogens (tertiary/aromatic N) is 1. The Kier molecular flexibility index (Phi) is 4.31. The second-order valence-corrected chi connectivity index (χ2v) is 4.51. The van der Waals surface area contributed by atoms with Crippen LogP contribution < -0.4 is 10.5 Å². The molecule has 0 aliphatic heterocycles. The van der Waals surface area contributed by atoms with E-state index >= 15 is 0 Å². The lowest BCUT2D eigenvalue weighted by Crippen LogP contribution is -2.15. The van der Waals surface area contributed by atoms with Gasteiger partial charge < -0.3 is 10.5 Å². The van der Waals surface area contributed by atoms with Crippen LogP contribution in [0.5, 0.6) is 5.75 Å². The molecule has 94 valence electrons. The van der Waals surface area contributed by atoms with Gasteiger partial charge in [0.2, 0.25) is 0 Å². The summed E-state index contributed by atoms with van der Waals surface area (Å²) in [7, 11) is 0. The van der Waals surface area contributed by atoms with Crippen LogP contribution in [0.1, 0.15) is 27.2 Å². The quantitative estimate of drug-likeness (QED) is 0.486. The Bertz CT molecular complexity index is 405. The van der Waals surface area contributed by atoms with Crippen LogP contribution in [0.2, 0.25) is 0 Å². The van der Waals surface area contributed by atoms with Crippen LogP contribution in [0.25, 0.3) is 0 Å². The van der Waals surface area contributed by atoms with Gasteiger partial charge in [0.15, 0.2) is 5.75 Å². The largest absolute Gasteiger partial charge is 0.484 e. The minimum atomic E-state index is -0.507. The number of nitro groups is 1. The van der Waals surface area contributed by atoms with Crippen LogP contribution in [0.3, 0.4) is 0 Å². The van der Waals surface area contributed by atoms with E-state index < -0.39 is 4.92 Å². The topological polar surface area (TPSA) is 78.4 Å². The van der Waals surface area contributed by atoms with E-state index in [1.807, 2.05) is 6.92 Å². The highest BCUT2D eigenvalue weighted by Crippen LogP contribution is 2.33. The van der Waals surface area contributed by atoms with Gasteiger partial charge in [-0.1, -0.05) is 19.9 Å². The molecule has 0 aromatic heterocycles. The van der Waals surface area contributed by atoms with Gasteiger partial charge in [-0.15, -0.1) is 0 Å². The van der Waals surface area contributed by atoms with Crippen molar-refractivity contribution in [2.45, 2.75) is 33.3 Å². The summed E-state index contributed by atoms with van der Waals surface area (Å²) in [6.07, 6.45) is 0.766. The van der Waals surface area contributed by atoms with Crippen molar-refractivity contribution in [2.24, 2.45) is 5.92 Å². The first-order chi connectivity index (χ1) is 7.91. The molecule has 0 heterocycles. The summed E-state index contributed by atoms with van der Waals surface area (Å²) < 4.78 is 5.58. The zero-order chi connectivity index (χ0) is 13.0. The number of nitrogen functional groups attached to an aromatic ring is 1. The number of hydrogen-bond donors (Lipinski definition) is 1. The number of benzene rings is 1. The summed E-state index contributed by atoms with van der Waals surface area (Å²) in [4.78, 5) is 10.4. The Labute approximate surface area is 101 Å². The molecule has 5 nitrogen and oxygen atoms in total. The Morgan fingerprint density at radius 2 is 2.06 bits per heavy atom. The van der Waals surface area contributed by atoms with Crippen molar-refractivity contribution in [3.63, 3.8) is 0 Å². The van der Waals surface area contributed by atoms with E-state index in [0.717, 1.165) is 6.42 Å². The highest BCUT2D eigenvalue weighted by atomic mass is 16.6. The van der Waals surface area contributed by atoms with Crippen molar-refractivity contribution in [1.29, 1.82) is 0 Å². The summed E-state index contributed by atoms with van der Waals surface area (Å²) in [5.41, 5.74) is 5.56. The minimum absolute atomic E-state index is 0.0736. The molecule has 0 aliphatic carbocycles. The molecule has 1 aromatic rings. The molecule has 0 saturated carbocycles. The van der Waals surface area contributed by atoms with Crippen LogP contribution in [0.4, 0.5) is 11.4 Å². The lowest BCUT2D eigenvalue weighted by molar-refractivity contribution is -0.385. The molecule has 1 aromatic carbocycles. The molecule has 0 saturated heterocycles. The van der Waals surface area contributed by atoms with E-state index in [4.69, 9.17) is 10.5 Å². The molecule has 0 radical (unpaired) electrons. The normalized spacial score (nSPS) is 12.5. The maximum absolute atomic E-state index is 10.9. The van der Waals surface area contributed by atoms with Gasteiger partial charge >= 0.3 is 5.69 Å². The number of para-hydroxylation sites is 1. The zero-order valence-electron chi connectivity index (χ0n) is 10.3. The van der Waals surface area contributed by atoms with E-state index in [1.165, 1.54) is 6.07 Å². The Balaban J connectivity index is 2.91. The van der Waals surface area contributed by atoms with Crippen molar-refractivity contribution in [1.82, 2.24) is 0 Å². The summed E-state index contributed by atoms with van der Waals surface area (Å²) >= 11 is 0. The summed E-state index contributed by atoms with van der Waals surface area (Å²) in [5, 5.41) is 10.9. The second kappa shape index (κ2) is 5.52. The highest BCUT2D eigenvalue weighted by molar-refractivity contribution is 5.65. The molecule has 1 rings (SSSR count). The number of nitrogens with two attached hydrogens (primary N) is 1. The number of rotatable bonds is 5. The lowest BCUT2D eigenvalue weighted by Gasteiger charge is -2.16. The molecule has 5 heteroatoms. The van der Waals surface area contributed by atoms with Crippen LogP contribution in [-0.4, -0.2) is 11.0 Å². The first-order valence-electron chi connectivity index (χ1n) is 5.61. The van der Waals surface area contributed by atoms with Crippen molar-refractivity contribution in [3.8, 4) is 5.75 Å². The molecule has 0 spiro atoms. The van der Waals surface area contributed by atoms with Crippen molar-refractivity contribution in [3.05, 3.63) is 28.3 Å². The molecule has 1 unspecified atom stereocenters. The van der Waals surface area contributed by atoms with Crippen LogP contribution in [-0.2, 0) is 0 Å². The predicted octanol–water partition coefficient (Wildman–Crippen LogP) is 2.99. The third kappa shape index (κ3) is 3.62. The minimum Gasteiger partial charge on any atom is -0.484 e. The highest BCUT2D eigenvalue weighted by Gasteiger charge is 2.20. The maximum Gasteiger partial charge on any atom is 0.333 e. The summed E-state index contributed by atoms with van der Waals surface area (Å²) in [5.74, 6) is 0.716. The molecule has 1 atom stereocenters. The fourth-order valence-corrected chi connectivity index (χ4v) is 1.76. The fraction of sp³-hybridized carbons (Fsp3) is 0.500. The summed E-state index contributed by atoms with van der Waals surface area (Å²) in [6, 6.07) is 4.73. The van der Waals surface area contributed by atoms with Gasteiger partial charge in [-0.25, -0.2) is 0 Å². The SMILES string of the molecule is CC(C)CC(C)Oc1cccc(N)c1[N+](=O)[O-]. The molecular formula is C12H18N2O3. The van der Waals surface area contributed by atoms with Gasteiger partial charge in [0.1, 0.15) is 5.69 Å². The van der Waals surface area contributed by atoms with Crippen molar-refractivity contribution >= 4 is 11.4 Å². The van der Waals surface area contributed by atoms with E-state index in [-0.39, 0.29) is 23.2 Å². The molecule has 17 heavy (non-hydrogen) atoms. The van der Waals surface area contributed by atoms with E-state index in [1.54, 1.807) is 12.1 Å². The lowest BCUT2D eigenvalue weighted by atomic mass is 10.1. The van der Waals surface area contributed by atoms with Gasteiger partial charge in [0.05, 0.1) is 11.0 Å². The van der Waals surface area contributed by atoms with Gasteiger partial charge in [0, 0.05) is 0 Å². The van der Waals surface area contributed by atoms with Crippen molar-refractivity contribution < 1.29 is 9.66 Å². The van der Waals surface area contributed by atoms with Gasteiger partial charge in [-0.05, 0) is 31.4 Å². The van der Waals surface area contributed by atoms with Gasteiger partial charge in [0.25, 0.3) is 0 Å². The van der Waals surface area contributed by atoms with Crippen LogP contribution in [0, 0.1) is 16.0 Å². The number of anilines is 1. The smallest absolute Gasteiger partial charge is 0.333 e.